The van der Waals surface area contributed by atoms with Crippen molar-refractivity contribution in [2.45, 2.75) is 40.5 Å². The zero-order valence-electron chi connectivity index (χ0n) is 7.68. The van der Waals surface area contributed by atoms with Crippen molar-refractivity contribution in [1.29, 1.82) is 0 Å². The summed E-state index contributed by atoms with van der Waals surface area (Å²) in [6.45, 7) is 8.62. The van der Waals surface area contributed by atoms with Gasteiger partial charge in [-0.3, -0.25) is 0 Å². The van der Waals surface area contributed by atoms with E-state index < -0.39 is 0 Å². The second-order valence-corrected chi connectivity index (χ2v) is 1.10. The van der Waals surface area contributed by atoms with Crippen molar-refractivity contribution < 1.29 is 4.79 Å². The predicted octanol–water partition coefficient (Wildman–Crippen LogP) is 1.98. The van der Waals surface area contributed by atoms with Crippen molar-refractivity contribution in [2.24, 2.45) is 5.73 Å². The van der Waals surface area contributed by atoms with Gasteiger partial charge in [0.25, 0.3) is 0 Å². The Labute approximate surface area is 64.8 Å². The van der Waals surface area contributed by atoms with Gasteiger partial charge < -0.3 is 10.5 Å². The molecule has 0 aromatic rings. The zero-order valence-corrected chi connectivity index (χ0v) is 7.68. The Bertz CT molecular complexity index is 38.2. The van der Waals surface area contributed by atoms with Gasteiger partial charge in [0.2, 0.25) is 0 Å². The number of unbranched alkanes of at least 4 members (excludes halogenated alkanes) is 1. The van der Waals surface area contributed by atoms with Crippen LogP contribution in [-0.2, 0) is 4.79 Å². The Balaban J connectivity index is -0.000000105. The third-order valence-corrected chi connectivity index (χ3v) is 0.526. The monoisotopic (exact) mass is 147 g/mol. The molecule has 64 valence electrons. The van der Waals surface area contributed by atoms with Crippen LogP contribution in [0.4, 0.5) is 0 Å². The molecule has 0 fully saturated rings. The molecule has 0 aromatic heterocycles. The molecule has 0 aliphatic heterocycles. The molecule has 0 aromatic carbocycles. The van der Waals surface area contributed by atoms with Crippen LogP contribution in [0.5, 0.6) is 0 Å². The van der Waals surface area contributed by atoms with E-state index in [1.165, 1.54) is 0 Å². The molecule has 0 unspecified atom stereocenters. The lowest BCUT2D eigenvalue weighted by molar-refractivity contribution is -0.107. The van der Waals surface area contributed by atoms with E-state index >= 15 is 0 Å². The van der Waals surface area contributed by atoms with Crippen molar-refractivity contribution in [2.75, 3.05) is 6.54 Å². The second-order valence-electron chi connectivity index (χ2n) is 1.10. The van der Waals surface area contributed by atoms with Crippen LogP contribution in [0.25, 0.3) is 0 Å². The lowest BCUT2D eigenvalue weighted by Gasteiger charge is -1.79. The van der Waals surface area contributed by atoms with Gasteiger partial charge in [-0.2, -0.15) is 0 Å². The topological polar surface area (TPSA) is 43.1 Å². The maximum atomic E-state index is 9.51. The summed E-state index contributed by atoms with van der Waals surface area (Å²) in [5.41, 5.74) is 5.06. The number of hydrogen-bond donors (Lipinski definition) is 1. The fourth-order valence-corrected chi connectivity index (χ4v) is 0.201. The number of rotatable bonds is 3. The summed E-state index contributed by atoms with van der Waals surface area (Å²) < 4.78 is 0. The Morgan fingerprint density at radius 2 is 1.60 bits per heavy atom. The molecule has 0 rings (SSSR count). The van der Waals surface area contributed by atoms with Crippen LogP contribution in [-0.4, -0.2) is 12.8 Å². The van der Waals surface area contributed by atoms with Crippen LogP contribution in [0.15, 0.2) is 0 Å². The van der Waals surface area contributed by atoms with E-state index in [0.717, 1.165) is 12.7 Å². The fourth-order valence-electron chi connectivity index (χ4n) is 0.201. The minimum Gasteiger partial charge on any atom is -0.330 e. The van der Waals surface area contributed by atoms with Gasteiger partial charge in [-0.1, -0.05) is 27.7 Å². The molecule has 2 N–H and O–H groups in total. The SMILES string of the molecule is CC.CC.NCCCC=O. The van der Waals surface area contributed by atoms with Crippen molar-refractivity contribution in [3.05, 3.63) is 0 Å². The van der Waals surface area contributed by atoms with Gasteiger partial charge in [0.05, 0.1) is 0 Å². The van der Waals surface area contributed by atoms with E-state index in [1.54, 1.807) is 0 Å². The molecule has 0 saturated carbocycles. The third-order valence-electron chi connectivity index (χ3n) is 0.526. The molecule has 0 aliphatic carbocycles. The van der Waals surface area contributed by atoms with Gasteiger partial charge in [-0.15, -0.1) is 0 Å². The van der Waals surface area contributed by atoms with E-state index in [2.05, 4.69) is 0 Å². The second kappa shape index (κ2) is 38.1. The smallest absolute Gasteiger partial charge is 0.120 e. The van der Waals surface area contributed by atoms with Crippen molar-refractivity contribution in [1.82, 2.24) is 0 Å². The summed E-state index contributed by atoms with van der Waals surface area (Å²) in [7, 11) is 0. The highest BCUT2D eigenvalue weighted by atomic mass is 16.1. The van der Waals surface area contributed by atoms with Crippen molar-refractivity contribution >= 4 is 6.29 Å². The average molecular weight is 147 g/mol. The van der Waals surface area contributed by atoms with Crippen LogP contribution < -0.4 is 5.73 Å². The summed E-state index contributed by atoms with van der Waals surface area (Å²) in [6.07, 6.45) is 2.31. The first-order chi connectivity index (χ1) is 4.91. The molecule has 2 heteroatoms. The Kier molecular flexibility index (Phi) is 62.2. The molecular weight excluding hydrogens is 126 g/mol. The zero-order chi connectivity index (χ0) is 8.83. The highest BCUT2D eigenvalue weighted by Gasteiger charge is 1.74. The summed E-state index contributed by atoms with van der Waals surface area (Å²) in [5.74, 6) is 0. The number of aldehydes is 1. The van der Waals surface area contributed by atoms with Gasteiger partial charge in [-0.05, 0) is 13.0 Å². The molecule has 0 aliphatic rings. The number of hydrogen-bond acceptors (Lipinski definition) is 2. The van der Waals surface area contributed by atoms with E-state index in [9.17, 15) is 4.79 Å². The van der Waals surface area contributed by atoms with E-state index in [0.29, 0.717) is 13.0 Å². The normalized spacial score (nSPS) is 6.10. The molecule has 10 heavy (non-hydrogen) atoms. The molecule has 0 saturated heterocycles. The van der Waals surface area contributed by atoms with Gasteiger partial charge in [0, 0.05) is 6.42 Å². The Morgan fingerprint density at radius 1 is 1.20 bits per heavy atom. The average Bonchev–Trinajstić information content (AvgIpc) is 2.08. The van der Waals surface area contributed by atoms with Crippen LogP contribution in [0.3, 0.4) is 0 Å². The van der Waals surface area contributed by atoms with Crippen LogP contribution in [0, 0.1) is 0 Å². The maximum Gasteiger partial charge on any atom is 0.120 e. The van der Waals surface area contributed by atoms with Gasteiger partial charge in [0.15, 0.2) is 0 Å². The largest absolute Gasteiger partial charge is 0.330 e. The summed E-state index contributed by atoms with van der Waals surface area (Å²) in [4.78, 5) is 9.51. The first kappa shape index (κ1) is 16.3. The fraction of sp³-hybridized carbons (Fsp3) is 0.875. The van der Waals surface area contributed by atoms with E-state index in [1.807, 2.05) is 27.7 Å². The lowest BCUT2D eigenvalue weighted by atomic mass is 10.3. The molecule has 0 atom stereocenters. The minimum atomic E-state index is 0.608. The molecule has 0 heterocycles. The number of carbonyl (C=O) groups excluding carboxylic acids is 1. The molecule has 0 amide bonds. The van der Waals surface area contributed by atoms with Gasteiger partial charge in [0.1, 0.15) is 6.29 Å². The van der Waals surface area contributed by atoms with Gasteiger partial charge in [-0.25, -0.2) is 0 Å². The first-order valence-corrected chi connectivity index (χ1v) is 4.05. The Morgan fingerprint density at radius 3 is 1.70 bits per heavy atom. The quantitative estimate of drug-likeness (QED) is 0.490. The molecular formula is C8H21NO. The first-order valence-electron chi connectivity index (χ1n) is 4.05. The highest BCUT2D eigenvalue weighted by Crippen LogP contribution is 1.75. The highest BCUT2D eigenvalue weighted by molar-refractivity contribution is 5.48. The van der Waals surface area contributed by atoms with E-state index in [-0.39, 0.29) is 0 Å². The molecule has 0 spiro atoms. The molecule has 0 bridgehead atoms. The van der Waals surface area contributed by atoms with Gasteiger partial charge >= 0.3 is 0 Å². The summed E-state index contributed by atoms with van der Waals surface area (Å²) >= 11 is 0. The number of carbonyl (C=O) groups is 1. The van der Waals surface area contributed by atoms with Crippen LogP contribution >= 0.6 is 0 Å². The lowest BCUT2D eigenvalue weighted by Crippen LogP contribution is -1.97. The molecule has 0 radical (unpaired) electrons. The maximum absolute atomic E-state index is 9.51. The third kappa shape index (κ3) is 48.5. The Hall–Kier alpha value is -0.370. The minimum absolute atomic E-state index is 0.608. The van der Waals surface area contributed by atoms with Crippen LogP contribution in [0.1, 0.15) is 40.5 Å². The molecule has 2 nitrogen and oxygen atoms in total. The summed E-state index contributed by atoms with van der Waals surface area (Å²) in [6, 6.07) is 0. The van der Waals surface area contributed by atoms with Crippen molar-refractivity contribution in [3.63, 3.8) is 0 Å². The van der Waals surface area contributed by atoms with E-state index in [4.69, 9.17) is 5.73 Å². The van der Waals surface area contributed by atoms with Crippen molar-refractivity contribution in [3.8, 4) is 0 Å². The van der Waals surface area contributed by atoms with Crippen LogP contribution in [0.2, 0.25) is 0 Å². The summed E-state index contributed by atoms with van der Waals surface area (Å²) in [5, 5.41) is 0. The standard InChI is InChI=1S/C4H9NO.2C2H6/c5-3-1-2-4-6;2*1-2/h4H,1-3,5H2;2*1-2H3. The predicted molar refractivity (Wildman–Crippen MR) is 47.0 cm³/mol. The number of nitrogens with two attached hydrogens (primary N) is 1.